The monoisotopic (exact) mass is 300 g/mol. The minimum atomic E-state index is -0.237. The molecule has 1 atom stereocenters. The van der Waals surface area contributed by atoms with Gasteiger partial charge in [0.1, 0.15) is 11.6 Å². The van der Waals surface area contributed by atoms with E-state index in [0.717, 1.165) is 55.0 Å². The molecule has 22 heavy (non-hydrogen) atoms. The Bertz CT molecular complexity index is 740. The molecule has 0 saturated heterocycles. The van der Waals surface area contributed by atoms with Gasteiger partial charge in [0.15, 0.2) is 5.82 Å². The molecule has 1 N–H and O–H groups in total. The van der Waals surface area contributed by atoms with Crippen LogP contribution in [0.5, 0.6) is 0 Å². The molecule has 114 valence electrons. The molecule has 0 saturated carbocycles. The van der Waals surface area contributed by atoms with Gasteiger partial charge in [-0.1, -0.05) is 6.07 Å². The number of amides is 1. The van der Waals surface area contributed by atoms with Gasteiger partial charge in [-0.05, 0) is 42.5 Å². The fourth-order valence-electron chi connectivity index (χ4n) is 3.49. The molecule has 0 radical (unpaired) electrons. The van der Waals surface area contributed by atoms with E-state index in [1.54, 1.807) is 6.07 Å². The van der Waals surface area contributed by atoms with Gasteiger partial charge in [-0.25, -0.2) is 4.39 Å². The Balaban J connectivity index is 1.45. The van der Waals surface area contributed by atoms with E-state index in [9.17, 15) is 9.18 Å². The average Bonchev–Trinajstić information content (AvgIpc) is 3.19. The smallest absolute Gasteiger partial charge is 0.227 e. The quantitative estimate of drug-likeness (QED) is 0.939. The molecular formula is C16H17FN4O. The molecule has 1 unspecified atom stereocenters. The summed E-state index contributed by atoms with van der Waals surface area (Å²) in [5.41, 5.74) is 1.90. The third-order valence-corrected chi connectivity index (χ3v) is 4.61. The predicted molar refractivity (Wildman–Crippen MR) is 77.7 cm³/mol. The average molecular weight is 300 g/mol. The molecule has 2 aromatic rings. The van der Waals surface area contributed by atoms with Crippen LogP contribution in [0.15, 0.2) is 18.2 Å². The van der Waals surface area contributed by atoms with Crippen LogP contribution < -0.4 is 5.32 Å². The van der Waals surface area contributed by atoms with Crippen LogP contribution in [0.3, 0.4) is 0 Å². The zero-order valence-electron chi connectivity index (χ0n) is 12.2. The van der Waals surface area contributed by atoms with Crippen LogP contribution in [0.2, 0.25) is 0 Å². The molecule has 1 aliphatic carbocycles. The standard InChI is InChI=1S/C16H17FN4O/c17-11-4-6-12-10(8-11)3-5-13(12)16(22)18-9-15-20-19-14-2-1-7-21(14)15/h4,6,8,13H,1-3,5,7,9H2,(H,18,22). The molecule has 1 amide bonds. The molecule has 0 bridgehead atoms. The lowest BCUT2D eigenvalue weighted by atomic mass is 10.0. The molecule has 5 nitrogen and oxygen atoms in total. The van der Waals surface area contributed by atoms with Crippen LogP contribution in [0.25, 0.3) is 0 Å². The van der Waals surface area contributed by atoms with Crippen molar-refractivity contribution in [2.24, 2.45) is 0 Å². The van der Waals surface area contributed by atoms with Gasteiger partial charge in [0.05, 0.1) is 12.5 Å². The Kier molecular flexibility index (Phi) is 3.17. The van der Waals surface area contributed by atoms with Crippen LogP contribution in [-0.4, -0.2) is 20.7 Å². The number of hydrogen-bond donors (Lipinski definition) is 1. The van der Waals surface area contributed by atoms with Gasteiger partial charge >= 0.3 is 0 Å². The molecule has 4 rings (SSSR count). The van der Waals surface area contributed by atoms with Gasteiger partial charge in [0.2, 0.25) is 5.91 Å². The number of hydrogen-bond acceptors (Lipinski definition) is 3. The maximum atomic E-state index is 13.2. The zero-order chi connectivity index (χ0) is 15.1. The molecule has 1 aliphatic heterocycles. The van der Waals surface area contributed by atoms with Crippen molar-refractivity contribution in [1.29, 1.82) is 0 Å². The van der Waals surface area contributed by atoms with Crippen molar-refractivity contribution < 1.29 is 9.18 Å². The van der Waals surface area contributed by atoms with Crippen LogP contribution in [0, 0.1) is 5.82 Å². The fourth-order valence-corrected chi connectivity index (χ4v) is 3.49. The lowest BCUT2D eigenvalue weighted by Crippen LogP contribution is -2.29. The van der Waals surface area contributed by atoms with Gasteiger partial charge in [-0.2, -0.15) is 0 Å². The third-order valence-electron chi connectivity index (χ3n) is 4.61. The summed E-state index contributed by atoms with van der Waals surface area (Å²) < 4.78 is 15.3. The number of carbonyl (C=O) groups excluding carboxylic acids is 1. The van der Waals surface area contributed by atoms with Gasteiger partial charge in [0, 0.05) is 13.0 Å². The summed E-state index contributed by atoms with van der Waals surface area (Å²) in [6, 6.07) is 4.69. The van der Waals surface area contributed by atoms with E-state index in [1.165, 1.54) is 12.1 Å². The highest BCUT2D eigenvalue weighted by atomic mass is 19.1. The maximum absolute atomic E-state index is 13.2. The largest absolute Gasteiger partial charge is 0.348 e. The topological polar surface area (TPSA) is 59.8 Å². The van der Waals surface area contributed by atoms with E-state index in [-0.39, 0.29) is 17.6 Å². The molecule has 0 spiro atoms. The molecule has 1 aromatic carbocycles. The summed E-state index contributed by atoms with van der Waals surface area (Å²) in [6.45, 7) is 1.33. The summed E-state index contributed by atoms with van der Waals surface area (Å²) in [6.07, 6.45) is 3.55. The summed E-state index contributed by atoms with van der Waals surface area (Å²) in [7, 11) is 0. The highest BCUT2D eigenvalue weighted by Crippen LogP contribution is 2.33. The summed E-state index contributed by atoms with van der Waals surface area (Å²) in [4.78, 5) is 12.4. The van der Waals surface area contributed by atoms with E-state index < -0.39 is 0 Å². The van der Waals surface area contributed by atoms with Crippen molar-refractivity contribution in [3.05, 3.63) is 46.8 Å². The normalized spacial score (nSPS) is 19.0. The van der Waals surface area contributed by atoms with E-state index in [2.05, 4.69) is 20.1 Å². The highest BCUT2D eigenvalue weighted by molar-refractivity contribution is 5.84. The van der Waals surface area contributed by atoms with Crippen molar-refractivity contribution in [1.82, 2.24) is 20.1 Å². The number of benzene rings is 1. The van der Waals surface area contributed by atoms with E-state index in [0.29, 0.717) is 6.54 Å². The fraction of sp³-hybridized carbons (Fsp3) is 0.438. The summed E-state index contributed by atoms with van der Waals surface area (Å²) >= 11 is 0. The Morgan fingerprint density at radius 3 is 3.18 bits per heavy atom. The van der Waals surface area contributed by atoms with Gasteiger partial charge in [-0.15, -0.1) is 10.2 Å². The number of nitrogens with one attached hydrogen (secondary N) is 1. The lowest BCUT2D eigenvalue weighted by molar-refractivity contribution is -0.122. The summed E-state index contributed by atoms with van der Waals surface area (Å²) in [5, 5.41) is 11.2. The number of aryl methyl sites for hydroxylation is 2. The van der Waals surface area contributed by atoms with Crippen LogP contribution in [0.4, 0.5) is 4.39 Å². The molecule has 1 aromatic heterocycles. The number of aromatic nitrogens is 3. The van der Waals surface area contributed by atoms with E-state index in [4.69, 9.17) is 0 Å². The first kappa shape index (κ1) is 13.4. The highest BCUT2D eigenvalue weighted by Gasteiger charge is 2.29. The van der Waals surface area contributed by atoms with Gasteiger partial charge < -0.3 is 9.88 Å². The Morgan fingerprint density at radius 1 is 1.36 bits per heavy atom. The third kappa shape index (κ3) is 2.19. The number of halogens is 1. The number of rotatable bonds is 3. The second-order valence-corrected chi connectivity index (χ2v) is 5.94. The number of nitrogens with zero attached hydrogens (tertiary/aromatic N) is 3. The van der Waals surface area contributed by atoms with Crippen molar-refractivity contribution >= 4 is 5.91 Å². The Labute approximate surface area is 127 Å². The first-order valence-electron chi connectivity index (χ1n) is 7.69. The Hall–Kier alpha value is -2.24. The number of carbonyl (C=O) groups is 1. The van der Waals surface area contributed by atoms with Crippen LogP contribution in [0.1, 0.15) is 41.5 Å². The molecule has 2 heterocycles. The number of fused-ring (bicyclic) bond motifs is 2. The summed E-state index contributed by atoms with van der Waals surface area (Å²) in [5.74, 6) is 1.39. The minimum Gasteiger partial charge on any atom is -0.348 e. The molecule has 2 aliphatic rings. The molecular weight excluding hydrogens is 283 g/mol. The van der Waals surface area contributed by atoms with Crippen molar-refractivity contribution in [3.63, 3.8) is 0 Å². The van der Waals surface area contributed by atoms with Crippen LogP contribution in [-0.2, 0) is 30.7 Å². The first-order chi connectivity index (χ1) is 10.7. The second-order valence-electron chi connectivity index (χ2n) is 5.94. The van der Waals surface area contributed by atoms with Crippen molar-refractivity contribution in [2.45, 2.75) is 44.7 Å². The molecule has 6 heteroatoms. The van der Waals surface area contributed by atoms with Gasteiger partial charge in [0.25, 0.3) is 0 Å². The lowest BCUT2D eigenvalue weighted by Gasteiger charge is -2.12. The second kappa shape index (κ2) is 5.19. The van der Waals surface area contributed by atoms with Crippen molar-refractivity contribution in [2.75, 3.05) is 0 Å². The van der Waals surface area contributed by atoms with E-state index in [1.807, 2.05) is 0 Å². The predicted octanol–water partition coefficient (Wildman–Crippen LogP) is 1.71. The Morgan fingerprint density at radius 2 is 2.27 bits per heavy atom. The first-order valence-corrected chi connectivity index (χ1v) is 7.69. The molecule has 0 fully saturated rings. The SMILES string of the molecule is O=C(NCc1nnc2n1CCC2)C1CCc2cc(F)ccc21. The van der Waals surface area contributed by atoms with Crippen molar-refractivity contribution in [3.8, 4) is 0 Å². The maximum Gasteiger partial charge on any atom is 0.227 e. The minimum absolute atomic E-state index is 0.0132. The van der Waals surface area contributed by atoms with E-state index >= 15 is 0 Å². The van der Waals surface area contributed by atoms with Crippen LogP contribution >= 0.6 is 0 Å². The zero-order valence-corrected chi connectivity index (χ0v) is 12.2. The van der Waals surface area contributed by atoms with Gasteiger partial charge in [-0.3, -0.25) is 4.79 Å².